The monoisotopic (exact) mass is 309 g/mol. The number of nitrogens with one attached hydrogen (secondary N) is 3. The van der Waals surface area contributed by atoms with Crippen molar-refractivity contribution in [2.24, 2.45) is 0 Å². The van der Waals surface area contributed by atoms with Crippen molar-refractivity contribution in [3.8, 4) is 11.3 Å². The zero-order valence-corrected chi connectivity index (χ0v) is 13.2. The number of carbonyl (C=O) groups is 1. The van der Waals surface area contributed by atoms with Crippen molar-refractivity contribution in [1.29, 1.82) is 0 Å². The third-order valence-electron chi connectivity index (χ3n) is 3.57. The molecule has 23 heavy (non-hydrogen) atoms. The molecule has 0 aliphatic rings. The zero-order valence-electron chi connectivity index (χ0n) is 13.2. The molecule has 0 aliphatic carbocycles. The SMILES string of the molecule is Cc1ccc(-c2cc(C(=O)NCCc3ncc(C)[nH]3)[nH]n2)cc1. The molecular weight excluding hydrogens is 290 g/mol. The molecular formula is C17H19N5O. The summed E-state index contributed by atoms with van der Waals surface area (Å²) in [5.74, 6) is 0.701. The summed E-state index contributed by atoms with van der Waals surface area (Å²) in [6, 6.07) is 9.79. The van der Waals surface area contributed by atoms with Crippen LogP contribution in [0.2, 0.25) is 0 Å². The van der Waals surface area contributed by atoms with E-state index in [2.05, 4.69) is 25.5 Å². The minimum absolute atomic E-state index is 0.167. The van der Waals surface area contributed by atoms with E-state index >= 15 is 0 Å². The maximum absolute atomic E-state index is 12.1. The van der Waals surface area contributed by atoms with E-state index in [4.69, 9.17) is 0 Å². The number of amides is 1. The van der Waals surface area contributed by atoms with E-state index < -0.39 is 0 Å². The molecule has 3 rings (SSSR count). The molecule has 6 nitrogen and oxygen atoms in total. The molecule has 2 aromatic heterocycles. The Bertz CT molecular complexity index is 801. The first-order valence-electron chi connectivity index (χ1n) is 7.53. The van der Waals surface area contributed by atoms with Crippen molar-refractivity contribution < 1.29 is 4.79 Å². The van der Waals surface area contributed by atoms with E-state index in [1.54, 1.807) is 12.3 Å². The standard InChI is InChI=1S/C17H19N5O/c1-11-3-5-13(6-4-11)14-9-15(22-21-14)17(23)18-8-7-16-19-10-12(2)20-16/h3-6,9-10H,7-8H2,1-2H3,(H,18,23)(H,19,20)(H,21,22). The number of aryl methyl sites for hydroxylation is 2. The highest BCUT2D eigenvalue weighted by atomic mass is 16.1. The molecule has 0 atom stereocenters. The highest BCUT2D eigenvalue weighted by Gasteiger charge is 2.10. The maximum atomic E-state index is 12.1. The number of hydrogen-bond acceptors (Lipinski definition) is 3. The molecule has 0 fully saturated rings. The van der Waals surface area contributed by atoms with E-state index in [1.807, 2.05) is 38.1 Å². The summed E-state index contributed by atoms with van der Waals surface area (Å²) in [5, 5.41) is 9.85. The minimum atomic E-state index is -0.167. The molecule has 3 aromatic rings. The first-order chi connectivity index (χ1) is 11.1. The second kappa shape index (κ2) is 6.48. The number of aromatic nitrogens is 4. The fourth-order valence-corrected chi connectivity index (χ4v) is 2.29. The molecule has 0 unspecified atom stereocenters. The van der Waals surface area contributed by atoms with Crippen molar-refractivity contribution in [1.82, 2.24) is 25.5 Å². The molecule has 1 amide bonds. The van der Waals surface area contributed by atoms with Gasteiger partial charge in [0.05, 0.1) is 5.69 Å². The molecule has 0 spiro atoms. The van der Waals surface area contributed by atoms with Gasteiger partial charge in [-0.1, -0.05) is 29.8 Å². The Morgan fingerprint density at radius 1 is 1.22 bits per heavy atom. The average Bonchev–Trinajstić information content (AvgIpc) is 3.17. The Morgan fingerprint density at radius 3 is 2.70 bits per heavy atom. The van der Waals surface area contributed by atoms with Crippen molar-refractivity contribution >= 4 is 5.91 Å². The lowest BCUT2D eigenvalue weighted by Gasteiger charge is -2.01. The fourth-order valence-electron chi connectivity index (χ4n) is 2.29. The summed E-state index contributed by atoms with van der Waals surface area (Å²) in [7, 11) is 0. The number of hydrogen-bond donors (Lipinski definition) is 3. The number of carbonyl (C=O) groups excluding carboxylic acids is 1. The minimum Gasteiger partial charge on any atom is -0.350 e. The van der Waals surface area contributed by atoms with Gasteiger partial charge in [-0.15, -0.1) is 0 Å². The predicted octanol–water partition coefficient (Wildman–Crippen LogP) is 2.39. The van der Waals surface area contributed by atoms with E-state index in [-0.39, 0.29) is 5.91 Å². The van der Waals surface area contributed by atoms with Gasteiger partial charge in [-0.05, 0) is 19.9 Å². The lowest BCUT2D eigenvalue weighted by molar-refractivity contribution is 0.0949. The van der Waals surface area contributed by atoms with Gasteiger partial charge in [0.15, 0.2) is 0 Å². The summed E-state index contributed by atoms with van der Waals surface area (Å²) in [4.78, 5) is 19.5. The fraction of sp³-hybridized carbons (Fsp3) is 0.235. The number of aromatic amines is 2. The van der Waals surface area contributed by atoms with Crippen molar-refractivity contribution in [3.05, 3.63) is 59.3 Å². The molecule has 6 heteroatoms. The highest BCUT2D eigenvalue weighted by molar-refractivity contribution is 5.93. The van der Waals surface area contributed by atoms with Gasteiger partial charge < -0.3 is 10.3 Å². The Morgan fingerprint density at radius 2 is 2.00 bits per heavy atom. The van der Waals surface area contributed by atoms with E-state index in [9.17, 15) is 4.79 Å². The molecule has 0 aliphatic heterocycles. The van der Waals surface area contributed by atoms with E-state index in [1.165, 1.54) is 5.56 Å². The van der Waals surface area contributed by atoms with Crippen LogP contribution in [-0.2, 0) is 6.42 Å². The lowest BCUT2D eigenvalue weighted by atomic mass is 10.1. The Labute approximate surface area is 134 Å². The molecule has 0 bridgehead atoms. The molecule has 2 heterocycles. The second-order valence-corrected chi connectivity index (χ2v) is 5.55. The van der Waals surface area contributed by atoms with Crippen LogP contribution in [0.4, 0.5) is 0 Å². The molecule has 3 N–H and O–H groups in total. The van der Waals surface area contributed by atoms with Crippen LogP contribution < -0.4 is 5.32 Å². The van der Waals surface area contributed by atoms with Crippen LogP contribution >= 0.6 is 0 Å². The summed E-state index contributed by atoms with van der Waals surface area (Å²) in [6.45, 7) is 4.50. The van der Waals surface area contributed by atoms with E-state index in [0.29, 0.717) is 18.7 Å². The number of nitrogens with zero attached hydrogens (tertiary/aromatic N) is 2. The Hall–Kier alpha value is -2.89. The number of benzene rings is 1. The normalized spacial score (nSPS) is 10.7. The third kappa shape index (κ3) is 3.66. The average molecular weight is 309 g/mol. The van der Waals surface area contributed by atoms with Gasteiger partial charge in [-0.25, -0.2) is 4.98 Å². The van der Waals surface area contributed by atoms with Crippen LogP contribution in [0.5, 0.6) is 0 Å². The van der Waals surface area contributed by atoms with Crippen LogP contribution in [-0.4, -0.2) is 32.6 Å². The van der Waals surface area contributed by atoms with Crippen LogP contribution in [0.25, 0.3) is 11.3 Å². The maximum Gasteiger partial charge on any atom is 0.269 e. The van der Waals surface area contributed by atoms with Crippen molar-refractivity contribution in [2.75, 3.05) is 6.54 Å². The van der Waals surface area contributed by atoms with Gasteiger partial charge >= 0.3 is 0 Å². The quantitative estimate of drug-likeness (QED) is 0.676. The molecule has 0 radical (unpaired) electrons. The van der Waals surface area contributed by atoms with Crippen LogP contribution in [0.15, 0.2) is 36.5 Å². The van der Waals surface area contributed by atoms with Gasteiger partial charge in [-0.3, -0.25) is 9.89 Å². The van der Waals surface area contributed by atoms with E-state index in [0.717, 1.165) is 22.8 Å². The first kappa shape index (κ1) is 15.0. The van der Waals surface area contributed by atoms with Gasteiger partial charge in [0.25, 0.3) is 5.91 Å². The number of imidazole rings is 1. The zero-order chi connectivity index (χ0) is 16.2. The topological polar surface area (TPSA) is 86.5 Å². The predicted molar refractivity (Wildman–Crippen MR) is 88.1 cm³/mol. The van der Waals surface area contributed by atoms with Gasteiger partial charge in [0.1, 0.15) is 11.5 Å². The Balaban J connectivity index is 1.58. The summed E-state index contributed by atoms with van der Waals surface area (Å²) in [6.07, 6.45) is 2.44. The Kier molecular flexibility index (Phi) is 4.23. The van der Waals surface area contributed by atoms with Crippen LogP contribution in [0.1, 0.15) is 27.6 Å². The highest BCUT2D eigenvalue weighted by Crippen LogP contribution is 2.18. The molecule has 0 saturated heterocycles. The summed E-state index contributed by atoms with van der Waals surface area (Å²) >= 11 is 0. The largest absolute Gasteiger partial charge is 0.350 e. The summed E-state index contributed by atoms with van der Waals surface area (Å²) < 4.78 is 0. The third-order valence-corrected chi connectivity index (χ3v) is 3.57. The first-order valence-corrected chi connectivity index (χ1v) is 7.53. The molecule has 1 aromatic carbocycles. The summed E-state index contributed by atoms with van der Waals surface area (Å²) in [5.41, 5.74) is 4.41. The smallest absolute Gasteiger partial charge is 0.269 e. The molecule has 0 saturated carbocycles. The number of H-pyrrole nitrogens is 2. The van der Waals surface area contributed by atoms with Crippen LogP contribution in [0, 0.1) is 13.8 Å². The van der Waals surface area contributed by atoms with Crippen LogP contribution in [0.3, 0.4) is 0 Å². The number of rotatable bonds is 5. The van der Waals surface area contributed by atoms with Crippen molar-refractivity contribution in [2.45, 2.75) is 20.3 Å². The van der Waals surface area contributed by atoms with Gasteiger partial charge in [0, 0.05) is 30.4 Å². The van der Waals surface area contributed by atoms with Gasteiger partial charge in [0.2, 0.25) is 0 Å². The van der Waals surface area contributed by atoms with Crippen molar-refractivity contribution in [3.63, 3.8) is 0 Å². The molecule has 118 valence electrons. The second-order valence-electron chi connectivity index (χ2n) is 5.55. The lowest BCUT2D eigenvalue weighted by Crippen LogP contribution is -2.26. The van der Waals surface area contributed by atoms with Gasteiger partial charge in [-0.2, -0.15) is 5.10 Å².